The smallest absolute Gasteiger partial charge is 0.243 e. The average molecular weight is 311 g/mol. The van der Waals surface area contributed by atoms with Gasteiger partial charge in [-0.3, -0.25) is 0 Å². The van der Waals surface area contributed by atoms with E-state index in [0.29, 0.717) is 23.8 Å². The van der Waals surface area contributed by atoms with Gasteiger partial charge in [0.05, 0.1) is 4.90 Å². The molecule has 1 aromatic carbocycles. The van der Waals surface area contributed by atoms with Crippen LogP contribution in [0.4, 0.5) is 0 Å². The van der Waals surface area contributed by atoms with Crippen molar-refractivity contribution in [2.45, 2.75) is 56.4 Å². The monoisotopic (exact) mass is 311 g/mol. The molecule has 1 aliphatic heterocycles. The summed E-state index contributed by atoms with van der Waals surface area (Å²) in [6.07, 6.45) is 3.28. The lowest BCUT2D eigenvalue weighted by Crippen LogP contribution is -2.44. The van der Waals surface area contributed by atoms with Crippen LogP contribution >= 0.6 is 0 Å². The molecule has 1 N–H and O–H groups in total. The summed E-state index contributed by atoms with van der Waals surface area (Å²) in [7, 11) is -3.45. The van der Waals surface area contributed by atoms with Crippen LogP contribution in [0.25, 0.3) is 0 Å². The van der Waals surface area contributed by atoms with Crippen molar-refractivity contribution < 1.29 is 13.5 Å². The van der Waals surface area contributed by atoms with Gasteiger partial charge in [-0.15, -0.1) is 0 Å². The van der Waals surface area contributed by atoms with Crippen molar-refractivity contribution in [3.05, 3.63) is 29.8 Å². The SMILES string of the molecule is CC(C)c1ccc(S(=O)(=O)N2CCCCC2CCO)cc1. The fourth-order valence-corrected chi connectivity index (χ4v) is 4.61. The van der Waals surface area contributed by atoms with Crippen LogP contribution in [0.5, 0.6) is 0 Å². The molecule has 1 fully saturated rings. The van der Waals surface area contributed by atoms with Crippen LogP contribution in [0, 0.1) is 0 Å². The molecule has 0 aliphatic carbocycles. The van der Waals surface area contributed by atoms with Gasteiger partial charge in [0.25, 0.3) is 0 Å². The molecule has 1 heterocycles. The third-order valence-corrected chi connectivity index (χ3v) is 6.15. The predicted octanol–water partition coefficient (Wildman–Crippen LogP) is 2.74. The fraction of sp³-hybridized carbons (Fsp3) is 0.625. The van der Waals surface area contributed by atoms with E-state index in [4.69, 9.17) is 5.11 Å². The number of aliphatic hydroxyl groups excluding tert-OH is 1. The van der Waals surface area contributed by atoms with Crippen LogP contribution in [0.15, 0.2) is 29.2 Å². The van der Waals surface area contributed by atoms with E-state index < -0.39 is 10.0 Å². The van der Waals surface area contributed by atoms with Gasteiger partial charge in [0, 0.05) is 19.2 Å². The first-order chi connectivity index (χ1) is 9.96. The van der Waals surface area contributed by atoms with Crippen molar-refractivity contribution in [1.29, 1.82) is 0 Å². The zero-order valence-electron chi connectivity index (χ0n) is 12.8. The molecule has 1 atom stereocenters. The van der Waals surface area contributed by atoms with Gasteiger partial charge >= 0.3 is 0 Å². The Kier molecular flexibility index (Phi) is 5.41. The molecule has 0 aromatic heterocycles. The average Bonchev–Trinajstić information content (AvgIpc) is 2.48. The van der Waals surface area contributed by atoms with Gasteiger partial charge in [-0.25, -0.2) is 8.42 Å². The number of rotatable bonds is 5. The number of piperidine rings is 1. The van der Waals surface area contributed by atoms with E-state index >= 15 is 0 Å². The first kappa shape index (κ1) is 16.5. The first-order valence-corrected chi connectivity index (χ1v) is 9.13. The number of sulfonamides is 1. The second-order valence-electron chi connectivity index (χ2n) is 6.00. The lowest BCUT2D eigenvalue weighted by Gasteiger charge is -2.34. The van der Waals surface area contributed by atoms with Gasteiger partial charge in [0.1, 0.15) is 0 Å². The summed E-state index contributed by atoms with van der Waals surface area (Å²) in [5.41, 5.74) is 1.14. The third kappa shape index (κ3) is 3.65. The van der Waals surface area contributed by atoms with Crippen molar-refractivity contribution in [2.75, 3.05) is 13.2 Å². The summed E-state index contributed by atoms with van der Waals surface area (Å²) in [6.45, 7) is 4.76. The normalized spacial score (nSPS) is 20.9. The molecule has 1 aromatic rings. The zero-order valence-corrected chi connectivity index (χ0v) is 13.6. The van der Waals surface area contributed by atoms with Crippen LogP contribution in [0.2, 0.25) is 0 Å². The highest BCUT2D eigenvalue weighted by atomic mass is 32.2. The molecule has 1 aliphatic rings. The van der Waals surface area contributed by atoms with Crippen LogP contribution in [0.1, 0.15) is 51.0 Å². The highest BCUT2D eigenvalue weighted by Crippen LogP contribution is 2.27. The maximum Gasteiger partial charge on any atom is 0.243 e. The van der Waals surface area contributed by atoms with E-state index in [1.807, 2.05) is 12.1 Å². The van der Waals surface area contributed by atoms with Crippen LogP contribution in [0.3, 0.4) is 0 Å². The van der Waals surface area contributed by atoms with Crippen LogP contribution in [-0.2, 0) is 10.0 Å². The van der Waals surface area contributed by atoms with E-state index in [9.17, 15) is 8.42 Å². The molecule has 0 bridgehead atoms. The van der Waals surface area contributed by atoms with Gasteiger partial charge in [-0.1, -0.05) is 32.4 Å². The molecule has 1 unspecified atom stereocenters. The topological polar surface area (TPSA) is 57.6 Å². The van der Waals surface area contributed by atoms with E-state index in [-0.39, 0.29) is 12.6 Å². The van der Waals surface area contributed by atoms with E-state index in [2.05, 4.69) is 13.8 Å². The highest BCUT2D eigenvalue weighted by molar-refractivity contribution is 7.89. The molecule has 1 saturated heterocycles. The summed E-state index contributed by atoms with van der Waals surface area (Å²) < 4.78 is 27.2. The molecule has 4 nitrogen and oxygen atoms in total. The molecular weight excluding hydrogens is 286 g/mol. The van der Waals surface area contributed by atoms with Gasteiger partial charge in [0.15, 0.2) is 0 Å². The van der Waals surface area contributed by atoms with Gasteiger partial charge in [0.2, 0.25) is 10.0 Å². The summed E-state index contributed by atoms with van der Waals surface area (Å²) in [4.78, 5) is 0.358. The summed E-state index contributed by atoms with van der Waals surface area (Å²) in [6, 6.07) is 7.12. The van der Waals surface area contributed by atoms with E-state index in [0.717, 1.165) is 24.8 Å². The Morgan fingerprint density at radius 1 is 1.24 bits per heavy atom. The maximum atomic E-state index is 12.8. The second kappa shape index (κ2) is 6.90. The minimum absolute atomic E-state index is 0.0307. The van der Waals surface area contributed by atoms with E-state index in [1.54, 1.807) is 16.4 Å². The maximum absolute atomic E-state index is 12.8. The Hall–Kier alpha value is -0.910. The van der Waals surface area contributed by atoms with Crippen molar-refractivity contribution in [1.82, 2.24) is 4.31 Å². The molecular formula is C16H25NO3S. The molecule has 0 spiro atoms. The Morgan fingerprint density at radius 2 is 1.90 bits per heavy atom. The number of hydrogen-bond acceptors (Lipinski definition) is 3. The Balaban J connectivity index is 2.26. The number of nitrogens with zero attached hydrogens (tertiary/aromatic N) is 1. The lowest BCUT2D eigenvalue weighted by atomic mass is 10.0. The van der Waals surface area contributed by atoms with Crippen molar-refractivity contribution in [2.24, 2.45) is 0 Å². The quantitative estimate of drug-likeness (QED) is 0.909. The minimum atomic E-state index is -3.45. The molecule has 5 heteroatoms. The van der Waals surface area contributed by atoms with Crippen molar-refractivity contribution in [3.8, 4) is 0 Å². The first-order valence-electron chi connectivity index (χ1n) is 7.69. The molecule has 118 valence electrons. The van der Waals surface area contributed by atoms with Crippen LogP contribution < -0.4 is 0 Å². The van der Waals surface area contributed by atoms with E-state index in [1.165, 1.54) is 0 Å². The molecule has 21 heavy (non-hydrogen) atoms. The summed E-state index contributed by atoms with van der Waals surface area (Å²) in [5.74, 6) is 0.388. The highest BCUT2D eigenvalue weighted by Gasteiger charge is 2.32. The molecule has 0 saturated carbocycles. The minimum Gasteiger partial charge on any atom is -0.396 e. The molecule has 0 radical (unpaired) electrons. The summed E-state index contributed by atoms with van der Waals surface area (Å²) in [5, 5.41) is 9.15. The fourth-order valence-electron chi connectivity index (χ4n) is 2.89. The zero-order chi connectivity index (χ0) is 15.5. The van der Waals surface area contributed by atoms with Gasteiger partial charge in [-0.2, -0.15) is 4.31 Å². The largest absolute Gasteiger partial charge is 0.396 e. The molecule has 2 rings (SSSR count). The second-order valence-corrected chi connectivity index (χ2v) is 7.89. The standard InChI is InChI=1S/C16H25NO3S/c1-13(2)14-6-8-16(9-7-14)21(19,20)17-11-4-3-5-15(17)10-12-18/h6-9,13,15,18H,3-5,10-12H2,1-2H3. The lowest BCUT2D eigenvalue weighted by molar-refractivity contribution is 0.192. The Labute approximate surface area is 127 Å². The third-order valence-electron chi connectivity index (χ3n) is 4.19. The van der Waals surface area contributed by atoms with Crippen molar-refractivity contribution >= 4 is 10.0 Å². The Morgan fingerprint density at radius 3 is 2.48 bits per heavy atom. The van der Waals surface area contributed by atoms with Gasteiger partial charge < -0.3 is 5.11 Å². The number of hydrogen-bond donors (Lipinski definition) is 1. The predicted molar refractivity (Wildman–Crippen MR) is 83.8 cm³/mol. The number of benzene rings is 1. The number of aliphatic hydroxyl groups is 1. The van der Waals surface area contributed by atoms with Gasteiger partial charge in [-0.05, 0) is 42.9 Å². The van der Waals surface area contributed by atoms with Crippen LogP contribution in [-0.4, -0.2) is 37.0 Å². The van der Waals surface area contributed by atoms with Crippen molar-refractivity contribution in [3.63, 3.8) is 0 Å². The molecule has 0 amide bonds. The summed E-state index contributed by atoms with van der Waals surface area (Å²) >= 11 is 0. The Bertz CT molecular complexity index is 549.